The highest BCUT2D eigenvalue weighted by molar-refractivity contribution is 6.16. The van der Waals surface area contributed by atoms with E-state index in [4.69, 9.17) is 4.74 Å². The standard InChI is InChI=1S/C22H26N2O4/c1-5-11-21-13-14-23(19(27)28-20(2,3)4)22(18(21)26)12-10-17(25)24(22)16-9-7-6-8-15(16)21/h5-9,11H,10,12-14H2,1-4H3/b11-5+/t21-,22+/m0/s1. The topological polar surface area (TPSA) is 66.9 Å². The molecule has 1 aromatic rings. The average molecular weight is 382 g/mol. The van der Waals surface area contributed by atoms with Gasteiger partial charge in [-0.15, -0.1) is 0 Å². The number of ether oxygens (including phenoxy) is 1. The van der Waals surface area contributed by atoms with Crippen molar-refractivity contribution in [2.45, 2.75) is 63.6 Å². The lowest BCUT2D eigenvalue weighted by Gasteiger charge is -2.57. The van der Waals surface area contributed by atoms with E-state index in [0.717, 1.165) is 11.3 Å². The molecule has 0 saturated carbocycles. The number of amides is 2. The number of piperidine rings is 1. The Bertz CT molecular complexity index is 900. The van der Waals surface area contributed by atoms with Gasteiger partial charge in [-0.05, 0) is 45.7 Å². The van der Waals surface area contributed by atoms with Crippen LogP contribution in [0.2, 0.25) is 0 Å². The van der Waals surface area contributed by atoms with E-state index in [-0.39, 0.29) is 24.5 Å². The Labute approximate surface area is 165 Å². The van der Waals surface area contributed by atoms with Gasteiger partial charge in [0.2, 0.25) is 5.91 Å². The molecular formula is C22H26N2O4. The van der Waals surface area contributed by atoms with Crippen molar-refractivity contribution < 1.29 is 19.1 Å². The van der Waals surface area contributed by atoms with Gasteiger partial charge >= 0.3 is 6.09 Å². The number of nitrogens with zero attached hydrogens (tertiary/aromatic N) is 2. The van der Waals surface area contributed by atoms with Gasteiger partial charge in [-0.25, -0.2) is 4.79 Å². The van der Waals surface area contributed by atoms with Crippen LogP contribution in [0.5, 0.6) is 0 Å². The molecule has 3 aliphatic rings. The van der Waals surface area contributed by atoms with Crippen LogP contribution >= 0.6 is 0 Å². The van der Waals surface area contributed by atoms with Gasteiger partial charge in [0.25, 0.3) is 0 Å². The molecule has 0 N–H and O–H groups in total. The lowest BCUT2D eigenvalue weighted by molar-refractivity contribution is -0.142. The summed E-state index contributed by atoms with van der Waals surface area (Å²) in [4.78, 5) is 43.0. The summed E-state index contributed by atoms with van der Waals surface area (Å²) < 4.78 is 5.61. The van der Waals surface area contributed by atoms with E-state index in [9.17, 15) is 14.4 Å². The molecule has 0 unspecified atom stereocenters. The van der Waals surface area contributed by atoms with Crippen molar-refractivity contribution in [1.82, 2.24) is 4.90 Å². The largest absolute Gasteiger partial charge is 0.444 e. The molecule has 2 atom stereocenters. The van der Waals surface area contributed by atoms with Crippen molar-refractivity contribution in [3.8, 4) is 0 Å². The summed E-state index contributed by atoms with van der Waals surface area (Å²) in [5.41, 5.74) is -1.27. The summed E-state index contributed by atoms with van der Waals surface area (Å²) in [7, 11) is 0. The van der Waals surface area contributed by atoms with Crippen LogP contribution in [0.4, 0.5) is 10.5 Å². The minimum absolute atomic E-state index is 0.111. The molecule has 28 heavy (non-hydrogen) atoms. The second kappa shape index (κ2) is 5.93. The Hall–Kier alpha value is -2.63. The van der Waals surface area contributed by atoms with E-state index in [0.29, 0.717) is 13.0 Å². The van der Waals surface area contributed by atoms with Crippen molar-refractivity contribution in [2.75, 3.05) is 11.4 Å². The molecule has 2 saturated heterocycles. The highest BCUT2D eigenvalue weighted by Crippen LogP contribution is 2.55. The van der Waals surface area contributed by atoms with Gasteiger partial charge in [0.15, 0.2) is 11.4 Å². The summed E-state index contributed by atoms with van der Waals surface area (Å²) in [6.45, 7) is 7.64. The molecule has 0 radical (unpaired) electrons. The Morgan fingerprint density at radius 1 is 1.18 bits per heavy atom. The van der Waals surface area contributed by atoms with Gasteiger partial charge in [0.05, 0.1) is 11.1 Å². The van der Waals surface area contributed by atoms with E-state index in [1.165, 1.54) is 4.90 Å². The fourth-order valence-electron chi connectivity index (χ4n) is 4.98. The van der Waals surface area contributed by atoms with Crippen LogP contribution in [0.15, 0.2) is 36.4 Å². The number of para-hydroxylation sites is 1. The second-order valence-electron chi connectivity index (χ2n) is 8.75. The first-order valence-electron chi connectivity index (χ1n) is 9.79. The predicted molar refractivity (Wildman–Crippen MR) is 105 cm³/mol. The van der Waals surface area contributed by atoms with Crippen LogP contribution in [-0.2, 0) is 19.7 Å². The quantitative estimate of drug-likeness (QED) is 0.697. The maximum atomic E-state index is 14.0. The minimum Gasteiger partial charge on any atom is -0.444 e. The van der Waals surface area contributed by atoms with E-state index in [2.05, 4.69) is 0 Å². The van der Waals surface area contributed by atoms with Crippen molar-refractivity contribution >= 4 is 23.5 Å². The number of allylic oxidation sites excluding steroid dienone is 2. The van der Waals surface area contributed by atoms with E-state index < -0.39 is 22.8 Å². The number of ketones is 1. The summed E-state index contributed by atoms with van der Waals surface area (Å²) in [6.07, 6.45) is 4.26. The molecule has 3 heterocycles. The number of hydrogen-bond acceptors (Lipinski definition) is 4. The zero-order chi connectivity index (χ0) is 20.3. The first kappa shape index (κ1) is 18.7. The Morgan fingerprint density at radius 2 is 1.89 bits per heavy atom. The maximum absolute atomic E-state index is 14.0. The van der Waals surface area contributed by atoms with Gasteiger partial charge in [0.1, 0.15) is 5.60 Å². The number of hydrogen-bond donors (Lipinski definition) is 0. The zero-order valence-corrected chi connectivity index (χ0v) is 16.8. The number of fused-ring (bicyclic) bond motifs is 4. The number of likely N-dealkylation sites (tertiary alicyclic amines) is 1. The van der Waals surface area contributed by atoms with Crippen LogP contribution in [0, 0.1) is 0 Å². The number of carbonyl (C=O) groups excluding carboxylic acids is 3. The van der Waals surface area contributed by atoms with Crippen LogP contribution < -0.4 is 4.90 Å². The molecule has 1 spiro atoms. The molecule has 2 bridgehead atoms. The third-order valence-electron chi connectivity index (χ3n) is 5.94. The summed E-state index contributed by atoms with van der Waals surface area (Å²) in [6, 6.07) is 7.55. The van der Waals surface area contributed by atoms with E-state index in [1.54, 1.807) is 25.7 Å². The Kier molecular flexibility index (Phi) is 3.97. The van der Waals surface area contributed by atoms with Crippen LogP contribution in [0.1, 0.15) is 52.5 Å². The molecule has 4 rings (SSSR count). The minimum atomic E-state index is -1.31. The average Bonchev–Trinajstić information content (AvgIpc) is 2.94. The fraction of sp³-hybridized carbons (Fsp3) is 0.500. The van der Waals surface area contributed by atoms with Gasteiger partial charge in [-0.2, -0.15) is 0 Å². The van der Waals surface area contributed by atoms with Gasteiger partial charge in [-0.1, -0.05) is 30.4 Å². The highest BCUT2D eigenvalue weighted by atomic mass is 16.6. The zero-order valence-electron chi connectivity index (χ0n) is 16.8. The normalized spacial score (nSPS) is 29.1. The summed E-state index contributed by atoms with van der Waals surface area (Å²) in [5, 5.41) is 0. The number of Topliss-reactive ketones (excluding diaryl/α,β-unsaturated/α-hetero) is 1. The Morgan fingerprint density at radius 3 is 2.57 bits per heavy atom. The van der Waals surface area contributed by atoms with Gasteiger partial charge in [-0.3, -0.25) is 19.4 Å². The third kappa shape index (κ3) is 2.30. The molecule has 148 valence electrons. The lowest BCUT2D eigenvalue weighted by Crippen LogP contribution is -2.75. The SMILES string of the molecule is C/C=C/[C@]12CCN(C(=O)OC(C)(C)C)[C@@]3(CCC(=O)N3c3ccccc31)C2=O. The van der Waals surface area contributed by atoms with Crippen molar-refractivity contribution in [3.63, 3.8) is 0 Å². The van der Waals surface area contributed by atoms with Crippen molar-refractivity contribution in [2.24, 2.45) is 0 Å². The molecule has 3 aliphatic heterocycles. The molecule has 2 fully saturated rings. The van der Waals surface area contributed by atoms with E-state index in [1.807, 2.05) is 43.3 Å². The molecule has 1 aromatic carbocycles. The molecule has 6 nitrogen and oxygen atoms in total. The van der Waals surface area contributed by atoms with Crippen LogP contribution in [-0.4, -0.2) is 40.5 Å². The number of rotatable bonds is 1. The number of anilines is 1. The molecule has 2 amide bonds. The fourth-order valence-corrected chi connectivity index (χ4v) is 4.98. The van der Waals surface area contributed by atoms with Crippen molar-refractivity contribution in [3.05, 3.63) is 42.0 Å². The summed E-state index contributed by atoms with van der Waals surface area (Å²) in [5.74, 6) is -0.245. The van der Waals surface area contributed by atoms with Crippen LogP contribution in [0.25, 0.3) is 0 Å². The first-order chi connectivity index (χ1) is 13.2. The predicted octanol–water partition coefficient (Wildman–Crippen LogP) is 3.55. The summed E-state index contributed by atoms with van der Waals surface area (Å²) >= 11 is 0. The molecule has 0 aromatic heterocycles. The molecule has 0 aliphatic carbocycles. The molecule has 6 heteroatoms. The Balaban J connectivity index is 1.94. The highest BCUT2D eigenvalue weighted by Gasteiger charge is 2.68. The first-order valence-corrected chi connectivity index (χ1v) is 9.79. The van der Waals surface area contributed by atoms with Crippen molar-refractivity contribution in [1.29, 1.82) is 0 Å². The monoisotopic (exact) mass is 382 g/mol. The van der Waals surface area contributed by atoms with E-state index >= 15 is 0 Å². The second-order valence-corrected chi connectivity index (χ2v) is 8.75. The van der Waals surface area contributed by atoms with Gasteiger partial charge < -0.3 is 4.74 Å². The number of carbonyl (C=O) groups is 3. The van der Waals surface area contributed by atoms with Gasteiger partial charge in [0, 0.05) is 19.4 Å². The molecular weight excluding hydrogens is 356 g/mol. The van der Waals surface area contributed by atoms with Crippen LogP contribution in [0.3, 0.4) is 0 Å². The third-order valence-corrected chi connectivity index (χ3v) is 5.94. The smallest absolute Gasteiger partial charge is 0.412 e. The maximum Gasteiger partial charge on any atom is 0.412 e. The lowest BCUT2D eigenvalue weighted by atomic mass is 9.63. The number of benzene rings is 1.